The molecule has 0 N–H and O–H groups in total. The summed E-state index contributed by atoms with van der Waals surface area (Å²) in [6.07, 6.45) is 0. The van der Waals surface area contributed by atoms with Gasteiger partial charge in [-0.15, -0.1) is 0 Å². The van der Waals surface area contributed by atoms with Crippen LogP contribution < -0.4 is 2.69 Å². The summed E-state index contributed by atoms with van der Waals surface area (Å²) < 4.78 is 5.80. The van der Waals surface area contributed by atoms with Crippen molar-refractivity contribution in [3.8, 4) is 16.9 Å². The van der Waals surface area contributed by atoms with Crippen LogP contribution in [0.3, 0.4) is 0 Å². The van der Waals surface area contributed by atoms with Crippen LogP contribution in [0.5, 0.6) is 5.75 Å². The fourth-order valence-corrected chi connectivity index (χ4v) is 7.30. The van der Waals surface area contributed by atoms with Crippen molar-refractivity contribution in [2.75, 3.05) is 0 Å². The molecule has 0 aliphatic heterocycles. The first kappa shape index (κ1) is 18.3. The molecule has 1 spiro atoms. The Hall–Kier alpha value is -3.18. The second-order valence-corrected chi connectivity index (χ2v) is 10.0. The summed E-state index contributed by atoms with van der Waals surface area (Å²) in [6.45, 7) is 0. The van der Waals surface area contributed by atoms with E-state index in [2.05, 4.69) is 103 Å². The maximum atomic E-state index is 5.80. The number of hydrogen-bond acceptors (Lipinski definition) is 1. The molecule has 0 bridgehead atoms. The Morgan fingerprint density at radius 2 is 1.03 bits per heavy atom. The van der Waals surface area contributed by atoms with Gasteiger partial charge in [0.05, 0.1) is 0 Å². The Kier molecular flexibility index (Phi) is 3.45. The van der Waals surface area contributed by atoms with Crippen LogP contribution in [0.15, 0.2) is 103 Å². The van der Waals surface area contributed by atoms with Crippen LogP contribution in [0, 0.1) is 0 Å². The van der Waals surface area contributed by atoms with Crippen molar-refractivity contribution in [1.29, 1.82) is 0 Å². The molecule has 0 amide bonds. The van der Waals surface area contributed by atoms with Crippen LogP contribution in [0.1, 0.15) is 22.3 Å². The second kappa shape index (κ2) is 6.23. The third kappa shape index (κ3) is 2.00. The van der Waals surface area contributed by atoms with Gasteiger partial charge in [0.15, 0.2) is 0 Å². The summed E-state index contributed by atoms with van der Waals surface area (Å²) in [5.41, 5.74) is 7.89. The van der Waals surface area contributed by atoms with E-state index in [9.17, 15) is 0 Å². The summed E-state index contributed by atoms with van der Waals surface area (Å²) in [4.78, 5) is 0. The maximum absolute atomic E-state index is 5.80. The van der Waals surface area contributed by atoms with Crippen molar-refractivity contribution in [2.24, 2.45) is 0 Å². The van der Waals surface area contributed by atoms with E-state index in [1.165, 1.54) is 65.7 Å². The molecule has 6 aromatic rings. The van der Waals surface area contributed by atoms with Crippen molar-refractivity contribution in [2.45, 2.75) is 5.41 Å². The van der Waals surface area contributed by atoms with E-state index in [0.29, 0.717) is 26.2 Å². The Labute approximate surface area is 208 Å². The molecule has 150 valence electrons. The second-order valence-electron chi connectivity index (χ2n) is 9.12. The topological polar surface area (TPSA) is 9.23 Å². The molecule has 6 aromatic carbocycles. The minimum absolute atomic E-state index is 0.295. The van der Waals surface area contributed by atoms with Crippen LogP contribution in [-0.4, -0.2) is 26.2 Å². The molecule has 0 radical (unpaired) electrons. The molecule has 33 heavy (non-hydrogen) atoms. The zero-order valence-electron chi connectivity index (χ0n) is 17.8. The van der Waals surface area contributed by atoms with Crippen LogP contribution in [-0.2, 0) is 5.41 Å². The normalized spacial score (nSPS) is 14.4. The molecule has 0 fully saturated rings. The fraction of sp³-hybridized carbons (Fsp3) is 0.0323. The van der Waals surface area contributed by atoms with Gasteiger partial charge in [-0.1, -0.05) is 0 Å². The Morgan fingerprint density at radius 1 is 0.485 bits per heavy atom. The molecule has 0 aromatic heterocycles. The van der Waals surface area contributed by atoms with Crippen LogP contribution in [0.25, 0.3) is 43.4 Å². The van der Waals surface area contributed by atoms with Gasteiger partial charge >= 0.3 is 209 Å². The molecule has 8 rings (SSSR count). The number of rotatable bonds is 1. The van der Waals surface area contributed by atoms with Gasteiger partial charge in [-0.2, -0.15) is 0 Å². The quantitative estimate of drug-likeness (QED) is 0.140. The Bertz CT molecular complexity index is 1730. The van der Waals surface area contributed by atoms with Crippen LogP contribution in [0.4, 0.5) is 0 Å². The zero-order chi connectivity index (χ0) is 21.7. The van der Waals surface area contributed by atoms with Crippen molar-refractivity contribution >= 4 is 58.5 Å². The van der Waals surface area contributed by atoms with Crippen molar-refractivity contribution in [1.82, 2.24) is 0 Å². The molecular formula is C31H17OTl. The van der Waals surface area contributed by atoms with E-state index < -0.39 is 0 Å². The molecule has 0 saturated heterocycles. The van der Waals surface area contributed by atoms with Crippen molar-refractivity contribution in [3.05, 3.63) is 125 Å². The molecule has 1 nitrogen and oxygen atoms in total. The third-order valence-corrected chi connectivity index (χ3v) is 8.90. The standard InChI is InChI=1S/C31H18O.Tl/c32-18-15-16-26-24(17-18)21-9-3-4-12-25(21)31(26)27-13-5-10-22-19-7-1-2-8-20(19)23-11-6-14-28(31)30(23)29(22)27;/h1-17,32H;/q;+1/p-1. The molecule has 0 unspecified atom stereocenters. The van der Waals surface area contributed by atoms with Crippen molar-refractivity contribution in [3.63, 3.8) is 0 Å². The van der Waals surface area contributed by atoms with E-state index in [4.69, 9.17) is 2.69 Å². The van der Waals surface area contributed by atoms with E-state index in [1.54, 1.807) is 0 Å². The molecule has 0 saturated carbocycles. The predicted molar refractivity (Wildman–Crippen MR) is 136 cm³/mol. The fourth-order valence-electron chi connectivity index (χ4n) is 6.73. The first-order chi connectivity index (χ1) is 16.3. The van der Waals surface area contributed by atoms with Gasteiger partial charge in [0, 0.05) is 0 Å². The molecule has 0 atom stereocenters. The van der Waals surface area contributed by atoms with E-state index in [1.807, 2.05) is 0 Å². The van der Waals surface area contributed by atoms with E-state index in [0.717, 1.165) is 5.75 Å². The van der Waals surface area contributed by atoms with Gasteiger partial charge in [-0.25, -0.2) is 0 Å². The van der Waals surface area contributed by atoms with Gasteiger partial charge in [0.1, 0.15) is 0 Å². The SMILES string of the molecule is [Tl][O]c1ccc2c(c1)-c1ccccc1C21c2cccc3c4ccccc4c4cccc1c4c23. The van der Waals surface area contributed by atoms with Crippen LogP contribution >= 0.6 is 0 Å². The van der Waals surface area contributed by atoms with Gasteiger partial charge in [0.25, 0.3) is 0 Å². The number of fused-ring (bicyclic) bond motifs is 10. The van der Waals surface area contributed by atoms with Gasteiger partial charge in [-0.3, -0.25) is 0 Å². The van der Waals surface area contributed by atoms with Crippen LogP contribution in [0.2, 0.25) is 0 Å². The average Bonchev–Trinajstić information content (AvgIpc) is 3.35. The van der Waals surface area contributed by atoms with E-state index in [-0.39, 0.29) is 5.41 Å². The predicted octanol–water partition coefficient (Wildman–Crippen LogP) is 7.29. The Morgan fingerprint density at radius 3 is 1.70 bits per heavy atom. The zero-order valence-corrected chi connectivity index (χ0v) is 22.3. The first-order valence-corrected chi connectivity index (χ1v) is 13.2. The molecule has 2 aliphatic rings. The van der Waals surface area contributed by atoms with Gasteiger partial charge in [0.2, 0.25) is 0 Å². The monoisotopic (exact) mass is 610 g/mol. The van der Waals surface area contributed by atoms with Crippen molar-refractivity contribution < 1.29 is 2.69 Å². The number of hydrogen-bond donors (Lipinski definition) is 0. The summed E-state index contributed by atoms with van der Waals surface area (Å²) >= 11 is 0.476. The average molecular weight is 610 g/mol. The third-order valence-electron chi connectivity index (χ3n) is 7.85. The van der Waals surface area contributed by atoms with Gasteiger partial charge < -0.3 is 0 Å². The Balaban J connectivity index is 1.67. The molecule has 2 aliphatic carbocycles. The molecule has 2 heteroatoms. The molecular weight excluding hydrogens is 593 g/mol. The summed E-state index contributed by atoms with van der Waals surface area (Å²) in [6, 6.07) is 38.4. The summed E-state index contributed by atoms with van der Waals surface area (Å²) in [5, 5.41) is 8.20. The minimum atomic E-state index is -0.295. The first-order valence-electron chi connectivity index (χ1n) is 11.3. The van der Waals surface area contributed by atoms with Gasteiger partial charge in [-0.05, 0) is 0 Å². The number of benzene rings is 6. The summed E-state index contributed by atoms with van der Waals surface area (Å²) in [7, 11) is 0. The molecule has 0 heterocycles. The summed E-state index contributed by atoms with van der Waals surface area (Å²) in [5.74, 6) is 0.975. The van der Waals surface area contributed by atoms with E-state index >= 15 is 0 Å².